The van der Waals surface area contributed by atoms with Gasteiger partial charge in [-0.2, -0.15) is 18.3 Å². The van der Waals surface area contributed by atoms with Crippen LogP contribution in [-0.2, 0) is 20.8 Å². The van der Waals surface area contributed by atoms with Crippen LogP contribution in [0.2, 0.25) is 0 Å². The molecular weight excluding hydrogens is 371 g/mol. The molecule has 1 aliphatic rings. The minimum atomic E-state index is -4.55. The van der Waals surface area contributed by atoms with Gasteiger partial charge in [-0.15, -0.1) is 0 Å². The number of hydrogen-bond acceptors (Lipinski definition) is 4. The summed E-state index contributed by atoms with van der Waals surface area (Å²) >= 11 is 0. The lowest BCUT2D eigenvalue weighted by molar-refractivity contribution is -0.137. The molecule has 140 valence electrons. The van der Waals surface area contributed by atoms with E-state index in [-0.39, 0.29) is 35.2 Å². The second kappa shape index (κ2) is 6.75. The third-order valence-electron chi connectivity index (χ3n) is 4.15. The zero-order valence-electron chi connectivity index (χ0n) is 13.5. The van der Waals surface area contributed by atoms with Gasteiger partial charge in [0.25, 0.3) is 0 Å². The van der Waals surface area contributed by atoms with Crippen LogP contribution in [0.5, 0.6) is 0 Å². The number of anilines is 1. The molecule has 1 aromatic heterocycles. The average Bonchev–Trinajstić information content (AvgIpc) is 3.16. The molecule has 1 aromatic carbocycles. The number of aromatic nitrogens is 2. The highest BCUT2D eigenvalue weighted by Crippen LogP contribution is 2.33. The van der Waals surface area contributed by atoms with Crippen LogP contribution in [0.3, 0.4) is 0 Å². The number of carbonyl (C=O) groups excluding carboxylic acids is 1. The van der Waals surface area contributed by atoms with Crippen LogP contribution in [0.1, 0.15) is 18.4 Å². The number of halogens is 3. The van der Waals surface area contributed by atoms with Gasteiger partial charge in [0.05, 0.1) is 28.4 Å². The first-order chi connectivity index (χ1) is 12.1. The van der Waals surface area contributed by atoms with Gasteiger partial charge in [-0.1, -0.05) is 0 Å². The zero-order valence-corrected chi connectivity index (χ0v) is 14.3. The number of benzene rings is 1. The Morgan fingerprint density at radius 1 is 1.35 bits per heavy atom. The van der Waals surface area contributed by atoms with Gasteiger partial charge >= 0.3 is 6.18 Å². The van der Waals surface area contributed by atoms with Crippen molar-refractivity contribution in [1.29, 1.82) is 0 Å². The van der Waals surface area contributed by atoms with Gasteiger partial charge in [0.2, 0.25) is 5.91 Å². The smallest absolute Gasteiger partial charge is 0.324 e. The van der Waals surface area contributed by atoms with E-state index < -0.39 is 27.5 Å². The van der Waals surface area contributed by atoms with Crippen molar-refractivity contribution in [3.63, 3.8) is 0 Å². The first-order valence-corrected chi connectivity index (χ1v) is 9.68. The Labute approximate surface area is 147 Å². The number of sulfone groups is 1. The number of carbonyl (C=O) groups is 1. The molecule has 0 saturated carbocycles. The topological polar surface area (TPSA) is 81.1 Å². The van der Waals surface area contributed by atoms with Crippen LogP contribution >= 0.6 is 0 Å². The van der Waals surface area contributed by atoms with Gasteiger partial charge in [0, 0.05) is 18.8 Å². The van der Waals surface area contributed by atoms with E-state index in [0.29, 0.717) is 6.42 Å². The van der Waals surface area contributed by atoms with Gasteiger partial charge in [0.1, 0.15) is 0 Å². The van der Waals surface area contributed by atoms with E-state index in [1.54, 1.807) is 12.3 Å². The largest absolute Gasteiger partial charge is 0.416 e. The molecule has 0 bridgehead atoms. The number of nitrogens with one attached hydrogen (secondary N) is 1. The first-order valence-electron chi connectivity index (χ1n) is 7.85. The standard InChI is InChI=1S/C16H16F3N3O3S/c17-16(18,19)12-2-3-14(22-6-1-5-20-22)13(9-12)21-15(23)8-11-4-7-26(24,25)10-11/h1-3,5-6,9,11H,4,7-8,10H2,(H,21,23)/t11-/m1/s1. The Kier molecular flexibility index (Phi) is 4.78. The van der Waals surface area contributed by atoms with Gasteiger partial charge in [-0.05, 0) is 36.6 Å². The molecule has 2 heterocycles. The Bertz CT molecular complexity index is 909. The predicted octanol–water partition coefficient (Wildman–Crippen LogP) is 2.65. The van der Waals surface area contributed by atoms with Crippen LogP contribution in [0.4, 0.5) is 18.9 Å². The number of rotatable bonds is 4. The number of hydrogen-bond donors (Lipinski definition) is 1. The van der Waals surface area contributed by atoms with Crippen LogP contribution in [0, 0.1) is 5.92 Å². The molecular formula is C16H16F3N3O3S. The molecule has 0 aliphatic carbocycles. The van der Waals surface area contributed by atoms with Crippen LogP contribution < -0.4 is 5.32 Å². The maximum Gasteiger partial charge on any atom is 0.416 e. The molecule has 3 rings (SSSR count). The highest BCUT2D eigenvalue weighted by Gasteiger charge is 2.32. The lowest BCUT2D eigenvalue weighted by atomic mass is 10.0. The summed E-state index contributed by atoms with van der Waals surface area (Å²) in [5.41, 5.74) is -0.642. The molecule has 2 aromatic rings. The Balaban J connectivity index is 1.83. The highest BCUT2D eigenvalue weighted by molar-refractivity contribution is 7.91. The molecule has 0 radical (unpaired) electrons. The zero-order chi connectivity index (χ0) is 18.9. The molecule has 10 heteroatoms. The summed E-state index contributed by atoms with van der Waals surface area (Å²) in [6, 6.07) is 4.59. The molecule has 1 N–H and O–H groups in total. The average molecular weight is 387 g/mol. The van der Waals surface area contributed by atoms with Gasteiger partial charge < -0.3 is 5.32 Å². The summed E-state index contributed by atoms with van der Waals surface area (Å²) in [5, 5.41) is 6.44. The van der Waals surface area contributed by atoms with E-state index in [0.717, 1.165) is 12.1 Å². The maximum atomic E-state index is 13.0. The van der Waals surface area contributed by atoms with Gasteiger partial charge in [0.15, 0.2) is 9.84 Å². The van der Waals surface area contributed by atoms with E-state index in [4.69, 9.17) is 0 Å². The second-order valence-electron chi connectivity index (χ2n) is 6.20. The lowest BCUT2D eigenvalue weighted by Gasteiger charge is -2.15. The summed E-state index contributed by atoms with van der Waals surface area (Å²) in [6.07, 6.45) is -1.23. The fourth-order valence-electron chi connectivity index (χ4n) is 2.92. The van der Waals surface area contributed by atoms with Crippen LogP contribution in [0.25, 0.3) is 5.69 Å². The van der Waals surface area contributed by atoms with E-state index >= 15 is 0 Å². The van der Waals surface area contributed by atoms with Crippen molar-refractivity contribution in [2.45, 2.75) is 19.0 Å². The van der Waals surface area contributed by atoms with Crippen LogP contribution in [-0.4, -0.2) is 35.6 Å². The van der Waals surface area contributed by atoms with Crippen molar-refractivity contribution in [2.24, 2.45) is 5.92 Å². The first kappa shape index (κ1) is 18.4. The third kappa shape index (κ3) is 4.24. The third-order valence-corrected chi connectivity index (χ3v) is 5.99. The van der Waals surface area contributed by atoms with E-state index in [1.165, 1.54) is 16.9 Å². The lowest BCUT2D eigenvalue weighted by Crippen LogP contribution is -2.19. The minimum Gasteiger partial charge on any atom is -0.324 e. The Hall–Kier alpha value is -2.36. The van der Waals surface area contributed by atoms with Gasteiger partial charge in [-0.25, -0.2) is 13.1 Å². The van der Waals surface area contributed by atoms with E-state index in [2.05, 4.69) is 10.4 Å². The number of nitrogens with zero attached hydrogens (tertiary/aromatic N) is 2. The molecule has 0 spiro atoms. The van der Waals surface area contributed by atoms with Crippen molar-refractivity contribution >= 4 is 21.4 Å². The van der Waals surface area contributed by atoms with Crippen molar-refractivity contribution in [3.8, 4) is 5.69 Å². The summed E-state index contributed by atoms with van der Waals surface area (Å²) in [6.45, 7) is 0. The molecule has 26 heavy (non-hydrogen) atoms. The van der Waals surface area contributed by atoms with Gasteiger partial charge in [-0.3, -0.25) is 4.79 Å². The molecule has 1 atom stereocenters. The van der Waals surface area contributed by atoms with Crippen molar-refractivity contribution in [1.82, 2.24) is 9.78 Å². The summed E-state index contributed by atoms with van der Waals surface area (Å²) in [5.74, 6) is -0.888. The SMILES string of the molecule is O=C(C[C@H]1CCS(=O)(=O)C1)Nc1cc(C(F)(F)F)ccc1-n1cccn1. The van der Waals surface area contributed by atoms with Crippen molar-refractivity contribution in [3.05, 3.63) is 42.2 Å². The second-order valence-corrected chi connectivity index (χ2v) is 8.43. The molecule has 1 saturated heterocycles. The maximum absolute atomic E-state index is 13.0. The molecule has 1 fully saturated rings. The normalized spacial score (nSPS) is 19.4. The number of amides is 1. The fourth-order valence-corrected chi connectivity index (χ4v) is 4.78. The van der Waals surface area contributed by atoms with Crippen molar-refractivity contribution < 1.29 is 26.4 Å². The van der Waals surface area contributed by atoms with E-state index in [1.807, 2.05) is 0 Å². The van der Waals surface area contributed by atoms with Crippen molar-refractivity contribution in [2.75, 3.05) is 16.8 Å². The highest BCUT2D eigenvalue weighted by atomic mass is 32.2. The molecule has 1 aliphatic heterocycles. The van der Waals surface area contributed by atoms with Crippen LogP contribution in [0.15, 0.2) is 36.7 Å². The monoisotopic (exact) mass is 387 g/mol. The summed E-state index contributed by atoms with van der Waals surface area (Å²) < 4.78 is 63.3. The molecule has 6 nitrogen and oxygen atoms in total. The number of alkyl halides is 3. The van der Waals surface area contributed by atoms with E-state index in [9.17, 15) is 26.4 Å². The quantitative estimate of drug-likeness (QED) is 0.875. The summed E-state index contributed by atoms with van der Waals surface area (Å²) in [7, 11) is -3.13. The predicted molar refractivity (Wildman–Crippen MR) is 88.6 cm³/mol. The molecule has 0 unspecified atom stereocenters. The Morgan fingerprint density at radius 2 is 2.12 bits per heavy atom. The summed E-state index contributed by atoms with van der Waals surface area (Å²) in [4.78, 5) is 12.2. The Morgan fingerprint density at radius 3 is 2.69 bits per heavy atom. The molecule has 1 amide bonds. The fraction of sp³-hybridized carbons (Fsp3) is 0.375. The minimum absolute atomic E-state index is 0.0330.